The van der Waals surface area contributed by atoms with Crippen LogP contribution in [0.3, 0.4) is 0 Å². The second-order valence-electron chi connectivity index (χ2n) is 3.28. The number of amides is 1. The zero-order valence-corrected chi connectivity index (χ0v) is 8.63. The van der Waals surface area contributed by atoms with Gasteiger partial charge in [-0.3, -0.25) is 4.79 Å². The molecular formula is C9H20N2O2. The van der Waals surface area contributed by atoms with E-state index < -0.39 is 0 Å². The highest BCUT2D eigenvalue weighted by Gasteiger charge is 2.11. The summed E-state index contributed by atoms with van der Waals surface area (Å²) in [6, 6.07) is 0.160. The third-order valence-corrected chi connectivity index (χ3v) is 2.10. The number of likely N-dealkylation sites (N-methyl/N-ethyl adjacent to an activating group) is 1. The van der Waals surface area contributed by atoms with Gasteiger partial charge in [0.1, 0.15) is 0 Å². The standard InChI is InChI=1S/C9H20N2O2/c1-4-10-9(13)5-11-8(3)7(2)6-12/h7-8,11-12H,4-6H2,1-3H3,(H,10,13). The first kappa shape index (κ1) is 12.4. The lowest BCUT2D eigenvalue weighted by Gasteiger charge is -2.18. The topological polar surface area (TPSA) is 61.4 Å². The summed E-state index contributed by atoms with van der Waals surface area (Å²) in [6.45, 7) is 6.90. The Bertz CT molecular complexity index is 151. The first-order chi connectivity index (χ1) is 6.11. The predicted molar refractivity (Wildman–Crippen MR) is 52.4 cm³/mol. The molecule has 0 radical (unpaired) electrons. The highest BCUT2D eigenvalue weighted by Crippen LogP contribution is 1.99. The first-order valence-corrected chi connectivity index (χ1v) is 4.72. The van der Waals surface area contributed by atoms with Crippen LogP contribution in [0, 0.1) is 5.92 Å². The molecule has 0 saturated heterocycles. The summed E-state index contributed by atoms with van der Waals surface area (Å²) in [5, 5.41) is 14.6. The molecule has 0 rings (SSSR count). The van der Waals surface area contributed by atoms with Crippen molar-refractivity contribution in [3.8, 4) is 0 Å². The minimum absolute atomic E-state index is 0.000472. The number of hydrogen-bond donors (Lipinski definition) is 3. The van der Waals surface area contributed by atoms with Crippen molar-refractivity contribution in [2.75, 3.05) is 19.7 Å². The van der Waals surface area contributed by atoms with E-state index in [4.69, 9.17) is 5.11 Å². The molecule has 0 aliphatic rings. The minimum atomic E-state index is -0.000472. The van der Waals surface area contributed by atoms with Crippen molar-refractivity contribution in [2.45, 2.75) is 26.8 Å². The molecule has 78 valence electrons. The van der Waals surface area contributed by atoms with Crippen LogP contribution in [-0.4, -0.2) is 36.8 Å². The normalized spacial score (nSPS) is 15.1. The van der Waals surface area contributed by atoms with E-state index in [0.717, 1.165) is 0 Å². The van der Waals surface area contributed by atoms with Gasteiger partial charge < -0.3 is 15.7 Å². The smallest absolute Gasteiger partial charge is 0.233 e. The molecule has 0 heterocycles. The van der Waals surface area contributed by atoms with Crippen LogP contribution in [0.25, 0.3) is 0 Å². The molecular weight excluding hydrogens is 168 g/mol. The van der Waals surface area contributed by atoms with Gasteiger partial charge in [-0.05, 0) is 19.8 Å². The molecule has 0 bridgehead atoms. The fourth-order valence-corrected chi connectivity index (χ4v) is 0.873. The quantitative estimate of drug-likeness (QED) is 0.537. The third kappa shape index (κ3) is 5.60. The van der Waals surface area contributed by atoms with E-state index in [2.05, 4.69) is 10.6 Å². The Morgan fingerprint density at radius 2 is 2.08 bits per heavy atom. The molecule has 1 amide bonds. The maximum absolute atomic E-state index is 11.0. The molecule has 0 saturated carbocycles. The summed E-state index contributed by atoms with van der Waals surface area (Å²) < 4.78 is 0. The van der Waals surface area contributed by atoms with Gasteiger partial charge in [-0.2, -0.15) is 0 Å². The van der Waals surface area contributed by atoms with E-state index in [0.29, 0.717) is 13.1 Å². The Kier molecular flexibility index (Phi) is 6.54. The molecule has 0 spiro atoms. The molecule has 0 aromatic rings. The third-order valence-electron chi connectivity index (χ3n) is 2.10. The van der Waals surface area contributed by atoms with Gasteiger partial charge in [0.15, 0.2) is 0 Å². The van der Waals surface area contributed by atoms with Crippen molar-refractivity contribution in [2.24, 2.45) is 5.92 Å². The van der Waals surface area contributed by atoms with E-state index in [-0.39, 0.29) is 24.5 Å². The van der Waals surface area contributed by atoms with Crippen molar-refractivity contribution in [3.05, 3.63) is 0 Å². The maximum atomic E-state index is 11.0. The summed E-state index contributed by atoms with van der Waals surface area (Å²) in [5.41, 5.74) is 0. The molecule has 13 heavy (non-hydrogen) atoms. The Balaban J connectivity index is 3.57. The number of nitrogens with one attached hydrogen (secondary N) is 2. The molecule has 4 heteroatoms. The molecule has 0 aromatic heterocycles. The summed E-state index contributed by atoms with van der Waals surface area (Å²) in [7, 11) is 0. The predicted octanol–water partition coefficient (Wildman–Crippen LogP) is -0.271. The fourth-order valence-electron chi connectivity index (χ4n) is 0.873. The lowest BCUT2D eigenvalue weighted by molar-refractivity contribution is -0.120. The maximum Gasteiger partial charge on any atom is 0.233 e. The van der Waals surface area contributed by atoms with Gasteiger partial charge in [0.25, 0.3) is 0 Å². The SMILES string of the molecule is CCNC(=O)CNC(C)C(C)CO. The average Bonchev–Trinajstić information content (AvgIpc) is 2.13. The Hall–Kier alpha value is -0.610. The van der Waals surface area contributed by atoms with Crippen LogP contribution in [0.2, 0.25) is 0 Å². The Morgan fingerprint density at radius 3 is 2.54 bits per heavy atom. The van der Waals surface area contributed by atoms with E-state index >= 15 is 0 Å². The highest BCUT2D eigenvalue weighted by molar-refractivity contribution is 5.77. The van der Waals surface area contributed by atoms with Crippen molar-refractivity contribution in [1.29, 1.82) is 0 Å². The van der Waals surface area contributed by atoms with Crippen LogP contribution >= 0.6 is 0 Å². The molecule has 3 N–H and O–H groups in total. The molecule has 4 nitrogen and oxygen atoms in total. The van der Waals surface area contributed by atoms with Crippen LogP contribution < -0.4 is 10.6 Å². The second kappa shape index (κ2) is 6.86. The average molecular weight is 188 g/mol. The molecule has 2 unspecified atom stereocenters. The zero-order chi connectivity index (χ0) is 10.3. The Morgan fingerprint density at radius 1 is 1.46 bits per heavy atom. The lowest BCUT2D eigenvalue weighted by atomic mass is 10.1. The monoisotopic (exact) mass is 188 g/mol. The number of hydrogen-bond acceptors (Lipinski definition) is 3. The van der Waals surface area contributed by atoms with E-state index in [1.807, 2.05) is 20.8 Å². The fraction of sp³-hybridized carbons (Fsp3) is 0.889. The molecule has 0 aliphatic heterocycles. The number of rotatable bonds is 6. The van der Waals surface area contributed by atoms with E-state index in [9.17, 15) is 4.79 Å². The summed E-state index contributed by atoms with van der Waals surface area (Å²) in [6.07, 6.45) is 0. The van der Waals surface area contributed by atoms with Crippen molar-refractivity contribution in [3.63, 3.8) is 0 Å². The van der Waals surface area contributed by atoms with Gasteiger partial charge in [-0.25, -0.2) is 0 Å². The number of carbonyl (C=O) groups is 1. The van der Waals surface area contributed by atoms with Gasteiger partial charge in [-0.15, -0.1) is 0 Å². The number of aliphatic hydroxyl groups excluding tert-OH is 1. The minimum Gasteiger partial charge on any atom is -0.396 e. The van der Waals surface area contributed by atoms with Gasteiger partial charge in [-0.1, -0.05) is 6.92 Å². The second-order valence-corrected chi connectivity index (χ2v) is 3.28. The lowest BCUT2D eigenvalue weighted by Crippen LogP contribution is -2.41. The Labute approximate surface area is 79.7 Å². The van der Waals surface area contributed by atoms with E-state index in [1.165, 1.54) is 0 Å². The van der Waals surface area contributed by atoms with Gasteiger partial charge in [0, 0.05) is 19.2 Å². The zero-order valence-electron chi connectivity index (χ0n) is 8.63. The summed E-state index contributed by atoms with van der Waals surface area (Å²) in [4.78, 5) is 11.0. The summed E-state index contributed by atoms with van der Waals surface area (Å²) >= 11 is 0. The van der Waals surface area contributed by atoms with Crippen molar-refractivity contribution < 1.29 is 9.90 Å². The number of aliphatic hydroxyl groups is 1. The molecule has 0 aliphatic carbocycles. The van der Waals surface area contributed by atoms with Crippen LogP contribution in [0.4, 0.5) is 0 Å². The van der Waals surface area contributed by atoms with Crippen molar-refractivity contribution in [1.82, 2.24) is 10.6 Å². The van der Waals surface area contributed by atoms with Crippen LogP contribution in [-0.2, 0) is 4.79 Å². The largest absolute Gasteiger partial charge is 0.396 e. The highest BCUT2D eigenvalue weighted by atomic mass is 16.3. The van der Waals surface area contributed by atoms with Crippen LogP contribution in [0.15, 0.2) is 0 Å². The van der Waals surface area contributed by atoms with Crippen LogP contribution in [0.5, 0.6) is 0 Å². The summed E-state index contributed by atoms with van der Waals surface area (Å²) in [5.74, 6) is 0.175. The molecule has 0 fully saturated rings. The first-order valence-electron chi connectivity index (χ1n) is 4.72. The number of carbonyl (C=O) groups excluding carboxylic acids is 1. The van der Waals surface area contributed by atoms with Gasteiger partial charge in [0.05, 0.1) is 6.54 Å². The van der Waals surface area contributed by atoms with Gasteiger partial charge >= 0.3 is 0 Å². The molecule has 2 atom stereocenters. The molecule has 0 aromatic carbocycles. The van der Waals surface area contributed by atoms with Crippen LogP contribution in [0.1, 0.15) is 20.8 Å². The van der Waals surface area contributed by atoms with Crippen molar-refractivity contribution >= 4 is 5.91 Å². The van der Waals surface area contributed by atoms with Gasteiger partial charge in [0.2, 0.25) is 5.91 Å². The van der Waals surface area contributed by atoms with E-state index in [1.54, 1.807) is 0 Å².